The Hall–Kier alpha value is -0.570. The number of hydrogen-bond acceptors (Lipinski definition) is 3. The molecule has 0 heterocycles. The van der Waals surface area contributed by atoms with E-state index in [9.17, 15) is 4.79 Å². The van der Waals surface area contributed by atoms with E-state index < -0.39 is 0 Å². The van der Waals surface area contributed by atoms with Crippen LogP contribution in [-0.4, -0.2) is 25.3 Å². The molecule has 94 valence electrons. The van der Waals surface area contributed by atoms with Crippen molar-refractivity contribution in [3.05, 3.63) is 0 Å². The summed E-state index contributed by atoms with van der Waals surface area (Å²) in [5.41, 5.74) is 0.0255. The van der Waals surface area contributed by atoms with E-state index >= 15 is 0 Å². The summed E-state index contributed by atoms with van der Waals surface area (Å²) in [6, 6.07) is 0. The number of carbonyl (C=O) groups is 1. The maximum atomic E-state index is 11.6. The van der Waals surface area contributed by atoms with Crippen LogP contribution in [0.1, 0.15) is 52.4 Å². The molecule has 3 nitrogen and oxygen atoms in total. The normalized spacial score (nSPS) is 30.1. The molecule has 0 radical (unpaired) electrons. The van der Waals surface area contributed by atoms with Gasteiger partial charge in [-0.25, -0.2) is 0 Å². The first-order valence-electron chi connectivity index (χ1n) is 6.39. The lowest BCUT2D eigenvalue weighted by Crippen LogP contribution is -2.38. The fourth-order valence-electron chi connectivity index (χ4n) is 2.65. The Morgan fingerprint density at radius 2 is 1.94 bits per heavy atom. The van der Waals surface area contributed by atoms with E-state index in [2.05, 4.69) is 6.92 Å². The second-order valence-corrected chi connectivity index (χ2v) is 4.66. The Kier molecular flexibility index (Phi) is 5.26. The molecule has 0 spiro atoms. The molecule has 1 saturated carbocycles. The van der Waals surface area contributed by atoms with Crippen LogP contribution >= 0.6 is 0 Å². The lowest BCUT2D eigenvalue weighted by molar-refractivity contribution is -0.152. The number of rotatable bonds is 5. The van der Waals surface area contributed by atoms with Crippen molar-refractivity contribution in [3.63, 3.8) is 0 Å². The molecule has 0 aromatic rings. The molecule has 0 aromatic heterocycles. The summed E-state index contributed by atoms with van der Waals surface area (Å²) in [4.78, 5) is 11.6. The third-order valence-corrected chi connectivity index (χ3v) is 3.66. The summed E-state index contributed by atoms with van der Waals surface area (Å²) >= 11 is 0. The average Bonchev–Trinajstić information content (AvgIpc) is 2.30. The number of methoxy groups -OCH3 is 1. The highest BCUT2D eigenvalue weighted by Gasteiger charge is 2.37. The van der Waals surface area contributed by atoms with Crippen molar-refractivity contribution in [3.8, 4) is 0 Å². The van der Waals surface area contributed by atoms with E-state index in [4.69, 9.17) is 9.47 Å². The van der Waals surface area contributed by atoms with Gasteiger partial charge in [0.05, 0.1) is 18.1 Å². The quantitative estimate of drug-likeness (QED) is 0.679. The van der Waals surface area contributed by atoms with Gasteiger partial charge in [0.2, 0.25) is 0 Å². The van der Waals surface area contributed by atoms with E-state index in [1.807, 2.05) is 6.92 Å². The summed E-state index contributed by atoms with van der Waals surface area (Å²) in [6.07, 6.45) is 6.03. The van der Waals surface area contributed by atoms with Crippen LogP contribution in [0.15, 0.2) is 0 Å². The minimum Gasteiger partial charge on any atom is -0.466 e. The molecule has 0 amide bonds. The fraction of sp³-hybridized carbons (Fsp3) is 0.923. The lowest BCUT2D eigenvalue weighted by atomic mass is 9.76. The van der Waals surface area contributed by atoms with Crippen LogP contribution in [0.2, 0.25) is 0 Å². The molecule has 0 saturated heterocycles. The number of carbonyl (C=O) groups excluding carboxylic acids is 1. The molecule has 0 unspecified atom stereocenters. The largest absolute Gasteiger partial charge is 0.466 e. The minimum absolute atomic E-state index is 0.0244. The zero-order valence-corrected chi connectivity index (χ0v) is 10.8. The maximum Gasteiger partial charge on any atom is 0.308 e. The van der Waals surface area contributed by atoms with E-state index in [-0.39, 0.29) is 17.5 Å². The van der Waals surface area contributed by atoms with Gasteiger partial charge in [-0.2, -0.15) is 0 Å². The SMILES string of the molecule is CCCC1(OC)CCC(C(=O)OCC)CC1. The predicted molar refractivity (Wildman–Crippen MR) is 63.2 cm³/mol. The Morgan fingerprint density at radius 3 is 2.38 bits per heavy atom. The molecule has 0 atom stereocenters. The Morgan fingerprint density at radius 1 is 1.31 bits per heavy atom. The topological polar surface area (TPSA) is 35.5 Å². The van der Waals surface area contributed by atoms with Crippen LogP contribution in [0.5, 0.6) is 0 Å². The zero-order chi connectivity index (χ0) is 12.0. The molecule has 0 N–H and O–H groups in total. The van der Waals surface area contributed by atoms with Gasteiger partial charge in [0, 0.05) is 7.11 Å². The second-order valence-electron chi connectivity index (χ2n) is 4.66. The molecule has 16 heavy (non-hydrogen) atoms. The van der Waals surface area contributed by atoms with Crippen LogP contribution in [0.25, 0.3) is 0 Å². The highest BCUT2D eigenvalue weighted by molar-refractivity contribution is 5.72. The summed E-state index contributed by atoms with van der Waals surface area (Å²) in [6.45, 7) is 4.52. The minimum atomic E-state index is -0.0244. The number of ether oxygens (including phenoxy) is 2. The molecule has 1 rings (SSSR count). The molecule has 1 fully saturated rings. The summed E-state index contributed by atoms with van der Waals surface area (Å²) in [5.74, 6) is 0.0729. The van der Waals surface area contributed by atoms with Gasteiger partial charge in [-0.05, 0) is 39.0 Å². The van der Waals surface area contributed by atoms with Gasteiger partial charge in [-0.1, -0.05) is 13.3 Å². The monoisotopic (exact) mass is 228 g/mol. The van der Waals surface area contributed by atoms with Crippen molar-refractivity contribution in [2.45, 2.75) is 58.0 Å². The molecule has 0 aliphatic heterocycles. The maximum absolute atomic E-state index is 11.6. The van der Waals surface area contributed by atoms with Crippen molar-refractivity contribution in [1.29, 1.82) is 0 Å². The van der Waals surface area contributed by atoms with Crippen molar-refractivity contribution >= 4 is 5.97 Å². The van der Waals surface area contributed by atoms with Crippen LogP contribution in [0.4, 0.5) is 0 Å². The van der Waals surface area contributed by atoms with E-state index in [0.717, 1.165) is 38.5 Å². The molecule has 1 aliphatic carbocycles. The zero-order valence-electron chi connectivity index (χ0n) is 10.8. The first kappa shape index (κ1) is 13.5. The van der Waals surface area contributed by atoms with Gasteiger partial charge in [0.1, 0.15) is 0 Å². The summed E-state index contributed by atoms with van der Waals surface area (Å²) in [5, 5.41) is 0. The Balaban J connectivity index is 2.45. The highest BCUT2D eigenvalue weighted by atomic mass is 16.5. The molecular weight excluding hydrogens is 204 g/mol. The summed E-state index contributed by atoms with van der Waals surface area (Å²) in [7, 11) is 1.79. The number of hydrogen-bond donors (Lipinski definition) is 0. The van der Waals surface area contributed by atoms with Gasteiger partial charge in [-0.15, -0.1) is 0 Å². The first-order valence-corrected chi connectivity index (χ1v) is 6.39. The molecule has 0 aromatic carbocycles. The van der Waals surface area contributed by atoms with Crippen molar-refractivity contribution in [2.24, 2.45) is 5.92 Å². The van der Waals surface area contributed by atoms with Crippen molar-refractivity contribution < 1.29 is 14.3 Å². The van der Waals surface area contributed by atoms with Crippen molar-refractivity contribution in [1.82, 2.24) is 0 Å². The lowest BCUT2D eigenvalue weighted by Gasteiger charge is -2.38. The summed E-state index contributed by atoms with van der Waals surface area (Å²) < 4.78 is 10.7. The first-order chi connectivity index (χ1) is 7.67. The molecule has 1 aliphatic rings. The van der Waals surface area contributed by atoms with Crippen LogP contribution in [-0.2, 0) is 14.3 Å². The van der Waals surface area contributed by atoms with Gasteiger partial charge < -0.3 is 9.47 Å². The van der Waals surface area contributed by atoms with Crippen LogP contribution in [0.3, 0.4) is 0 Å². The Bertz CT molecular complexity index is 217. The van der Waals surface area contributed by atoms with Crippen LogP contribution in [0, 0.1) is 5.92 Å². The highest BCUT2D eigenvalue weighted by Crippen LogP contribution is 2.38. The fourth-order valence-corrected chi connectivity index (χ4v) is 2.65. The van der Waals surface area contributed by atoms with Crippen LogP contribution < -0.4 is 0 Å². The molecule has 3 heteroatoms. The second kappa shape index (κ2) is 6.24. The van der Waals surface area contributed by atoms with Gasteiger partial charge in [-0.3, -0.25) is 4.79 Å². The van der Waals surface area contributed by atoms with E-state index in [0.29, 0.717) is 6.61 Å². The van der Waals surface area contributed by atoms with E-state index in [1.165, 1.54) is 0 Å². The van der Waals surface area contributed by atoms with Crippen molar-refractivity contribution in [2.75, 3.05) is 13.7 Å². The van der Waals surface area contributed by atoms with E-state index in [1.54, 1.807) is 7.11 Å². The van der Waals surface area contributed by atoms with Gasteiger partial charge >= 0.3 is 5.97 Å². The number of esters is 1. The predicted octanol–water partition coefficient (Wildman–Crippen LogP) is 2.93. The third kappa shape index (κ3) is 3.21. The van der Waals surface area contributed by atoms with Gasteiger partial charge in [0.25, 0.3) is 0 Å². The smallest absolute Gasteiger partial charge is 0.308 e. The molecule has 0 bridgehead atoms. The Labute approximate surface area is 98.5 Å². The average molecular weight is 228 g/mol. The third-order valence-electron chi connectivity index (χ3n) is 3.66. The standard InChI is InChI=1S/C13H24O3/c1-4-8-13(15-3)9-6-11(7-10-13)12(14)16-5-2/h11H,4-10H2,1-3H3. The molecular formula is C13H24O3. The van der Waals surface area contributed by atoms with Gasteiger partial charge in [0.15, 0.2) is 0 Å².